The molecule has 8 heteroatoms. The Hall–Kier alpha value is -2.67. The van der Waals surface area contributed by atoms with Gasteiger partial charge in [0.15, 0.2) is 6.61 Å². The van der Waals surface area contributed by atoms with Crippen molar-refractivity contribution in [3.05, 3.63) is 53.3 Å². The van der Waals surface area contributed by atoms with Crippen LogP contribution in [0.15, 0.2) is 42.5 Å². The summed E-state index contributed by atoms with van der Waals surface area (Å²) in [4.78, 5) is 20.5. The first-order valence-electron chi connectivity index (χ1n) is 7.28. The van der Waals surface area contributed by atoms with Gasteiger partial charge in [0.25, 0.3) is 5.91 Å². The quantitative estimate of drug-likeness (QED) is 0.711. The topological polar surface area (TPSA) is 60.2 Å². The minimum absolute atomic E-state index is 0.240. The summed E-state index contributed by atoms with van der Waals surface area (Å²) < 4.78 is 13.0. The molecule has 2 aromatic carbocycles. The molecule has 0 bridgehead atoms. The predicted octanol–water partition coefficient (Wildman–Crippen LogP) is 2.71. The molecule has 0 unspecified atom stereocenters. The standard InChI is InChI=1S/C16H14ClFN4O2/c1-2-21(13-6-4-12(18)5-7-13)16(23)10-24-22-15-9-11(17)3-8-14(15)19-20-22/h3-9H,2,10H2,1H3. The van der Waals surface area contributed by atoms with E-state index in [2.05, 4.69) is 10.3 Å². The largest absolute Gasteiger partial charge is 0.385 e. The van der Waals surface area contributed by atoms with Crippen LogP contribution in [-0.4, -0.2) is 34.2 Å². The van der Waals surface area contributed by atoms with Gasteiger partial charge in [-0.05, 0) is 54.6 Å². The maximum atomic E-state index is 13.0. The van der Waals surface area contributed by atoms with Crippen LogP contribution in [0.5, 0.6) is 0 Å². The Balaban J connectivity index is 1.73. The number of fused-ring (bicyclic) bond motifs is 1. The lowest BCUT2D eigenvalue weighted by Gasteiger charge is -2.20. The molecule has 1 aromatic heterocycles. The van der Waals surface area contributed by atoms with Crippen molar-refractivity contribution in [2.75, 3.05) is 18.1 Å². The second-order valence-electron chi connectivity index (χ2n) is 4.98. The zero-order valence-electron chi connectivity index (χ0n) is 12.8. The van der Waals surface area contributed by atoms with Crippen molar-refractivity contribution >= 4 is 34.2 Å². The first kappa shape index (κ1) is 16.2. The summed E-state index contributed by atoms with van der Waals surface area (Å²) >= 11 is 5.95. The summed E-state index contributed by atoms with van der Waals surface area (Å²) in [5.41, 5.74) is 1.77. The molecule has 124 valence electrons. The van der Waals surface area contributed by atoms with Crippen molar-refractivity contribution in [1.82, 2.24) is 15.2 Å². The lowest BCUT2D eigenvalue weighted by atomic mass is 10.2. The number of hydrogen-bond donors (Lipinski definition) is 0. The monoisotopic (exact) mass is 348 g/mol. The van der Waals surface area contributed by atoms with E-state index in [0.717, 1.165) is 4.85 Å². The van der Waals surface area contributed by atoms with E-state index in [-0.39, 0.29) is 18.3 Å². The van der Waals surface area contributed by atoms with Crippen LogP contribution in [0.3, 0.4) is 0 Å². The molecule has 0 saturated heterocycles. The lowest BCUT2D eigenvalue weighted by Crippen LogP contribution is -2.36. The van der Waals surface area contributed by atoms with Crippen LogP contribution in [0.4, 0.5) is 10.1 Å². The highest BCUT2D eigenvalue weighted by molar-refractivity contribution is 6.31. The number of benzene rings is 2. The Morgan fingerprint density at radius 2 is 2.04 bits per heavy atom. The first-order valence-corrected chi connectivity index (χ1v) is 7.66. The third kappa shape index (κ3) is 3.30. The van der Waals surface area contributed by atoms with Gasteiger partial charge in [0.05, 0.1) is 0 Å². The van der Waals surface area contributed by atoms with Gasteiger partial charge in [-0.3, -0.25) is 4.79 Å². The van der Waals surface area contributed by atoms with Gasteiger partial charge < -0.3 is 9.74 Å². The summed E-state index contributed by atoms with van der Waals surface area (Å²) in [6.45, 7) is 2.01. The van der Waals surface area contributed by atoms with Crippen LogP contribution < -0.4 is 9.74 Å². The molecule has 3 aromatic rings. The van der Waals surface area contributed by atoms with Gasteiger partial charge in [-0.25, -0.2) is 4.39 Å². The molecule has 0 atom stereocenters. The minimum atomic E-state index is -0.357. The molecule has 1 heterocycles. The van der Waals surface area contributed by atoms with Gasteiger partial charge >= 0.3 is 0 Å². The molecule has 6 nitrogen and oxygen atoms in total. The van der Waals surface area contributed by atoms with Crippen LogP contribution in [0.1, 0.15) is 6.92 Å². The number of rotatable bonds is 5. The Morgan fingerprint density at radius 1 is 1.29 bits per heavy atom. The van der Waals surface area contributed by atoms with Gasteiger partial charge in [0.2, 0.25) is 0 Å². The number of anilines is 1. The van der Waals surface area contributed by atoms with Crippen LogP contribution in [0.2, 0.25) is 5.02 Å². The second kappa shape index (κ2) is 6.84. The van der Waals surface area contributed by atoms with E-state index in [0.29, 0.717) is 28.3 Å². The average Bonchev–Trinajstić information content (AvgIpc) is 2.97. The normalized spacial score (nSPS) is 10.8. The summed E-state index contributed by atoms with van der Waals surface area (Å²) in [5, 5.41) is 8.29. The highest BCUT2D eigenvalue weighted by Crippen LogP contribution is 2.17. The van der Waals surface area contributed by atoms with Crippen molar-refractivity contribution in [2.24, 2.45) is 0 Å². The third-order valence-electron chi connectivity index (χ3n) is 3.44. The molecule has 1 amide bonds. The number of carbonyl (C=O) groups excluding carboxylic acids is 1. The molecule has 0 fully saturated rings. The van der Waals surface area contributed by atoms with Crippen molar-refractivity contribution < 1.29 is 14.0 Å². The third-order valence-corrected chi connectivity index (χ3v) is 3.68. The molecule has 24 heavy (non-hydrogen) atoms. The molecule has 0 saturated carbocycles. The molecule has 0 aliphatic carbocycles. The fraction of sp³-hybridized carbons (Fsp3) is 0.188. The van der Waals surface area contributed by atoms with Crippen LogP contribution in [0, 0.1) is 5.82 Å². The maximum absolute atomic E-state index is 13.0. The lowest BCUT2D eigenvalue weighted by molar-refractivity contribution is -0.123. The van der Waals surface area contributed by atoms with E-state index in [1.54, 1.807) is 30.3 Å². The first-order chi connectivity index (χ1) is 11.6. The fourth-order valence-corrected chi connectivity index (χ4v) is 2.45. The Morgan fingerprint density at radius 3 is 2.75 bits per heavy atom. The van der Waals surface area contributed by atoms with Gasteiger partial charge in [-0.15, -0.1) is 5.10 Å². The number of nitrogens with zero attached hydrogens (tertiary/aromatic N) is 4. The second-order valence-corrected chi connectivity index (χ2v) is 5.42. The van der Waals surface area contributed by atoms with Gasteiger partial charge in [0, 0.05) is 17.3 Å². The molecule has 0 spiro atoms. The molecule has 3 rings (SSSR count). The summed E-state index contributed by atoms with van der Waals surface area (Å²) in [6.07, 6.45) is 0. The molecular formula is C16H14ClFN4O2. The zero-order chi connectivity index (χ0) is 17.1. The minimum Gasteiger partial charge on any atom is -0.385 e. The Labute approximate surface area is 142 Å². The van der Waals surface area contributed by atoms with Gasteiger partial charge in [-0.2, -0.15) is 0 Å². The summed E-state index contributed by atoms with van der Waals surface area (Å²) in [6, 6.07) is 10.8. The van der Waals surface area contributed by atoms with Crippen LogP contribution >= 0.6 is 11.6 Å². The van der Waals surface area contributed by atoms with Crippen molar-refractivity contribution in [3.63, 3.8) is 0 Å². The Bertz CT molecular complexity index is 866. The van der Waals surface area contributed by atoms with Crippen molar-refractivity contribution in [3.8, 4) is 0 Å². The number of amides is 1. The molecule has 0 aliphatic heterocycles. The van der Waals surface area contributed by atoms with Crippen LogP contribution in [-0.2, 0) is 4.79 Å². The van der Waals surface area contributed by atoms with E-state index in [4.69, 9.17) is 16.4 Å². The van der Waals surface area contributed by atoms with Crippen LogP contribution in [0.25, 0.3) is 11.0 Å². The number of hydrogen-bond acceptors (Lipinski definition) is 4. The smallest absolute Gasteiger partial charge is 0.267 e. The van der Waals surface area contributed by atoms with E-state index in [1.807, 2.05) is 6.92 Å². The number of halogens is 2. The molecule has 0 N–H and O–H groups in total. The number of carbonyl (C=O) groups is 1. The highest BCUT2D eigenvalue weighted by Gasteiger charge is 2.16. The predicted molar refractivity (Wildman–Crippen MR) is 88.4 cm³/mol. The fourth-order valence-electron chi connectivity index (χ4n) is 2.28. The van der Waals surface area contributed by atoms with E-state index in [9.17, 15) is 9.18 Å². The highest BCUT2D eigenvalue weighted by atomic mass is 35.5. The molecular weight excluding hydrogens is 335 g/mol. The average molecular weight is 349 g/mol. The van der Waals surface area contributed by atoms with E-state index >= 15 is 0 Å². The summed E-state index contributed by atoms with van der Waals surface area (Å²) in [5.74, 6) is -0.640. The van der Waals surface area contributed by atoms with Gasteiger partial charge in [0.1, 0.15) is 16.9 Å². The maximum Gasteiger partial charge on any atom is 0.267 e. The zero-order valence-corrected chi connectivity index (χ0v) is 13.6. The molecule has 0 aliphatic rings. The number of likely N-dealkylation sites (N-methyl/N-ethyl adjacent to an activating group) is 1. The summed E-state index contributed by atoms with van der Waals surface area (Å²) in [7, 11) is 0. The SMILES string of the molecule is CCN(C(=O)COn1nnc2ccc(Cl)cc21)c1ccc(F)cc1. The Kier molecular flexibility index (Phi) is 4.61. The van der Waals surface area contributed by atoms with Gasteiger partial charge in [-0.1, -0.05) is 16.4 Å². The molecule has 0 radical (unpaired) electrons. The van der Waals surface area contributed by atoms with Crippen molar-refractivity contribution in [2.45, 2.75) is 6.92 Å². The van der Waals surface area contributed by atoms with Crippen molar-refractivity contribution in [1.29, 1.82) is 0 Å². The van der Waals surface area contributed by atoms with E-state index in [1.165, 1.54) is 17.0 Å². The van der Waals surface area contributed by atoms with E-state index < -0.39 is 0 Å². The number of aromatic nitrogens is 3.